The van der Waals surface area contributed by atoms with Crippen molar-refractivity contribution >= 4 is 11.8 Å². The fourth-order valence-corrected chi connectivity index (χ4v) is 4.12. The molecule has 4 unspecified atom stereocenters. The topological polar surface area (TPSA) is 67.4 Å². The highest BCUT2D eigenvalue weighted by Crippen LogP contribution is 2.32. The number of nitrogens with one attached hydrogen (secondary N) is 2. The van der Waals surface area contributed by atoms with E-state index in [2.05, 4.69) is 10.9 Å². The van der Waals surface area contributed by atoms with Crippen LogP contribution in [0.1, 0.15) is 47.7 Å². The van der Waals surface area contributed by atoms with Gasteiger partial charge in [-0.15, -0.1) is 0 Å². The van der Waals surface area contributed by atoms with Crippen LogP contribution < -0.4 is 10.9 Å². The summed E-state index contributed by atoms with van der Waals surface area (Å²) in [7, 11) is 0. The number of ether oxygens (including phenoxy) is 1. The summed E-state index contributed by atoms with van der Waals surface area (Å²) >= 11 is 0. The first-order chi connectivity index (χ1) is 13.2. The third kappa shape index (κ3) is 3.80. The molecule has 0 amide bonds. The van der Waals surface area contributed by atoms with E-state index in [0.29, 0.717) is 17.2 Å². The van der Waals surface area contributed by atoms with Gasteiger partial charge in [0.2, 0.25) is 5.78 Å². The predicted octanol–water partition coefficient (Wildman–Crippen LogP) is 3.19. The van der Waals surface area contributed by atoms with Gasteiger partial charge in [0, 0.05) is 23.1 Å². The van der Waals surface area contributed by atoms with Crippen molar-refractivity contribution in [1.82, 2.24) is 10.9 Å². The molecule has 2 aliphatic rings. The van der Waals surface area contributed by atoms with Crippen molar-refractivity contribution in [3.8, 4) is 0 Å². The summed E-state index contributed by atoms with van der Waals surface area (Å²) in [6.45, 7) is 0. The molecule has 2 aromatic carbocycles. The maximum atomic E-state index is 13.1. The lowest BCUT2D eigenvalue weighted by molar-refractivity contribution is -0.151. The van der Waals surface area contributed by atoms with E-state index in [-0.39, 0.29) is 17.7 Å². The van der Waals surface area contributed by atoms with E-state index < -0.39 is 12.1 Å². The Morgan fingerprint density at radius 1 is 0.889 bits per heavy atom. The van der Waals surface area contributed by atoms with Crippen LogP contribution in [0.25, 0.3) is 0 Å². The van der Waals surface area contributed by atoms with Crippen molar-refractivity contribution in [2.45, 2.75) is 43.9 Å². The Labute approximate surface area is 159 Å². The highest BCUT2D eigenvalue weighted by Gasteiger charge is 2.43. The van der Waals surface area contributed by atoms with Gasteiger partial charge >= 0.3 is 5.97 Å². The van der Waals surface area contributed by atoms with E-state index in [1.807, 2.05) is 48.5 Å². The summed E-state index contributed by atoms with van der Waals surface area (Å²) in [6.07, 6.45) is 3.42. The van der Waals surface area contributed by atoms with E-state index in [9.17, 15) is 9.59 Å². The van der Waals surface area contributed by atoms with Crippen LogP contribution in [0.5, 0.6) is 0 Å². The van der Waals surface area contributed by atoms with Gasteiger partial charge in [0.25, 0.3) is 0 Å². The van der Waals surface area contributed by atoms with Gasteiger partial charge in [-0.3, -0.25) is 15.0 Å². The largest absolute Gasteiger partial charge is 0.448 e. The zero-order chi connectivity index (χ0) is 18.6. The number of esters is 1. The van der Waals surface area contributed by atoms with Gasteiger partial charge in [0.15, 0.2) is 6.10 Å². The number of hydrazine groups is 1. The number of hydrogen-bond donors (Lipinski definition) is 2. The molecule has 1 saturated carbocycles. The maximum absolute atomic E-state index is 13.1. The van der Waals surface area contributed by atoms with Crippen LogP contribution in [0, 0.1) is 5.92 Å². The molecule has 2 aromatic rings. The second kappa shape index (κ2) is 8.03. The van der Waals surface area contributed by atoms with Gasteiger partial charge < -0.3 is 4.74 Å². The molecule has 27 heavy (non-hydrogen) atoms. The van der Waals surface area contributed by atoms with Crippen molar-refractivity contribution in [3.63, 3.8) is 0 Å². The van der Waals surface area contributed by atoms with Crippen molar-refractivity contribution < 1.29 is 14.3 Å². The lowest BCUT2D eigenvalue weighted by Gasteiger charge is -2.27. The third-order valence-electron chi connectivity index (χ3n) is 5.56. The fraction of sp³-hybridized carbons (Fsp3) is 0.364. The van der Waals surface area contributed by atoms with Crippen molar-refractivity contribution in [2.24, 2.45) is 5.92 Å². The molecule has 2 N–H and O–H groups in total. The molecular weight excluding hydrogens is 340 g/mol. The second-order valence-corrected chi connectivity index (χ2v) is 7.28. The quantitative estimate of drug-likeness (QED) is 0.630. The van der Waals surface area contributed by atoms with Gasteiger partial charge in [-0.1, -0.05) is 73.5 Å². The minimum Gasteiger partial charge on any atom is -0.448 e. The molecule has 5 heteroatoms. The molecular formula is C22H24N2O3. The number of carbonyl (C=O) groups excluding carboxylic acids is 2. The van der Waals surface area contributed by atoms with Crippen LogP contribution in [0.3, 0.4) is 0 Å². The Kier molecular flexibility index (Phi) is 5.32. The average Bonchev–Trinajstić information content (AvgIpc) is 3.17. The Hall–Kier alpha value is -2.50. The number of carbonyl (C=O) groups is 2. The van der Waals surface area contributed by atoms with Gasteiger partial charge in [0.05, 0.1) is 0 Å². The molecule has 2 fully saturated rings. The molecule has 4 rings (SSSR count). The highest BCUT2D eigenvalue weighted by molar-refractivity contribution is 6.01. The first-order valence-electron chi connectivity index (χ1n) is 9.60. The SMILES string of the molecule is O=C(c1ccccc1)C(OC(=O)C1NNC2CCCCC21)c1ccccc1. The molecule has 0 spiro atoms. The van der Waals surface area contributed by atoms with Crippen LogP contribution in [-0.2, 0) is 9.53 Å². The van der Waals surface area contributed by atoms with Crippen LogP contribution in [0.2, 0.25) is 0 Å². The molecule has 1 saturated heterocycles. The predicted molar refractivity (Wildman–Crippen MR) is 102 cm³/mol. The zero-order valence-corrected chi connectivity index (χ0v) is 15.1. The summed E-state index contributed by atoms with van der Waals surface area (Å²) in [5, 5.41) is 0. The smallest absolute Gasteiger partial charge is 0.325 e. The van der Waals surface area contributed by atoms with Crippen molar-refractivity contribution in [2.75, 3.05) is 0 Å². The molecule has 0 radical (unpaired) electrons. The maximum Gasteiger partial charge on any atom is 0.325 e. The second-order valence-electron chi connectivity index (χ2n) is 7.28. The van der Waals surface area contributed by atoms with E-state index in [0.717, 1.165) is 19.3 Å². The lowest BCUT2D eigenvalue weighted by Crippen LogP contribution is -2.41. The van der Waals surface area contributed by atoms with E-state index in [1.54, 1.807) is 12.1 Å². The molecule has 0 aromatic heterocycles. The molecule has 1 aliphatic carbocycles. The molecule has 0 bridgehead atoms. The van der Waals surface area contributed by atoms with Gasteiger partial charge in [0.1, 0.15) is 6.04 Å². The number of fused-ring (bicyclic) bond motifs is 1. The third-order valence-corrected chi connectivity index (χ3v) is 5.56. The van der Waals surface area contributed by atoms with Crippen LogP contribution >= 0.6 is 0 Å². The standard InChI is InChI=1S/C22H24N2O3/c25-20(15-9-3-1-4-10-15)21(16-11-5-2-6-12-16)27-22(26)19-17-13-7-8-14-18(17)23-24-19/h1-6,9-12,17-19,21,23-24H,7-8,13-14H2. The number of ketones is 1. The van der Waals surface area contributed by atoms with Gasteiger partial charge in [-0.2, -0.15) is 0 Å². The highest BCUT2D eigenvalue weighted by atomic mass is 16.5. The van der Waals surface area contributed by atoms with E-state index in [1.165, 1.54) is 6.42 Å². The molecule has 1 aliphatic heterocycles. The van der Waals surface area contributed by atoms with Crippen molar-refractivity contribution in [3.05, 3.63) is 71.8 Å². The lowest BCUT2D eigenvalue weighted by atomic mass is 9.82. The van der Waals surface area contributed by atoms with Crippen LogP contribution in [-0.4, -0.2) is 23.8 Å². The fourth-order valence-electron chi connectivity index (χ4n) is 4.12. The summed E-state index contributed by atoms with van der Waals surface area (Å²) < 4.78 is 5.79. The Morgan fingerprint density at radius 2 is 1.56 bits per heavy atom. The number of benzene rings is 2. The summed E-state index contributed by atoms with van der Waals surface area (Å²) in [5.41, 5.74) is 7.55. The molecule has 1 heterocycles. The Bertz CT molecular complexity index is 794. The Morgan fingerprint density at radius 3 is 2.30 bits per heavy atom. The number of rotatable bonds is 5. The van der Waals surface area contributed by atoms with Crippen molar-refractivity contribution in [1.29, 1.82) is 0 Å². The molecule has 5 nitrogen and oxygen atoms in total. The number of Topliss-reactive ketones (excluding diaryl/α,β-unsaturated/α-hetero) is 1. The first kappa shape index (κ1) is 17.9. The minimum atomic E-state index is -0.939. The van der Waals surface area contributed by atoms with Gasteiger partial charge in [-0.05, 0) is 12.8 Å². The summed E-state index contributed by atoms with van der Waals surface area (Å²) in [5.74, 6) is -0.356. The molecule has 140 valence electrons. The Balaban J connectivity index is 1.56. The van der Waals surface area contributed by atoms with E-state index >= 15 is 0 Å². The van der Waals surface area contributed by atoms with E-state index in [4.69, 9.17) is 4.74 Å². The van der Waals surface area contributed by atoms with Gasteiger partial charge in [-0.25, -0.2) is 5.43 Å². The summed E-state index contributed by atoms with van der Waals surface area (Å²) in [4.78, 5) is 26.0. The minimum absolute atomic E-state index is 0.207. The average molecular weight is 364 g/mol. The zero-order valence-electron chi connectivity index (χ0n) is 15.1. The monoisotopic (exact) mass is 364 g/mol. The molecule has 4 atom stereocenters. The van der Waals surface area contributed by atoms with Crippen LogP contribution in [0.15, 0.2) is 60.7 Å². The number of hydrogen-bond acceptors (Lipinski definition) is 5. The normalized spacial score (nSPS) is 25.4. The first-order valence-corrected chi connectivity index (χ1v) is 9.60. The summed E-state index contributed by atoms with van der Waals surface area (Å²) in [6, 6.07) is 18.1. The van der Waals surface area contributed by atoms with Crippen LogP contribution in [0.4, 0.5) is 0 Å².